The van der Waals surface area contributed by atoms with E-state index in [4.69, 9.17) is 9.47 Å². The van der Waals surface area contributed by atoms with Crippen LogP contribution >= 0.6 is 0 Å². The van der Waals surface area contributed by atoms with Crippen LogP contribution in [-0.4, -0.2) is 5.97 Å². The molecule has 1 saturated carbocycles. The molecule has 1 aliphatic rings. The molecule has 0 bridgehead atoms. The summed E-state index contributed by atoms with van der Waals surface area (Å²) in [6.45, 7) is 5.90. The van der Waals surface area contributed by atoms with E-state index < -0.39 is 0 Å². The molecule has 0 heterocycles. The van der Waals surface area contributed by atoms with Crippen molar-refractivity contribution in [1.82, 2.24) is 0 Å². The van der Waals surface area contributed by atoms with Crippen LogP contribution in [0.5, 0.6) is 11.5 Å². The number of hydrogen-bond acceptors (Lipinski definition) is 3. The van der Waals surface area contributed by atoms with Crippen LogP contribution in [0.2, 0.25) is 0 Å². The topological polar surface area (TPSA) is 35.5 Å². The molecule has 0 radical (unpaired) electrons. The van der Waals surface area contributed by atoms with E-state index in [1.807, 2.05) is 26.0 Å². The Bertz CT molecular complexity index is 809. The fraction of sp³-hybridized carbons (Fsp3) is 0.409. The highest BCUT2D eigenvalue weighted by Crippen LogP contribution is 2.44. The van der Waals surface area contributed by atoms with E-state index in [0.29, 0.717) is 18.1 Å². The lowest BCUT2D eigenvalue weighted by Crippen LogP contribution is -2.10. The molecule has 1 aliphatic carbocycles. The van der Waals surface area contributed by atoms with E-state index in [9.17, 15) is 9.18 Å². The number of rotatable bonds is 7. The van der Waals surface area contributed by atoms with Gasteiger partial charge >= 0.3 is 5.97 Å². The van der Waals surface area contributed by atoms with E-state index in [0.717, 1.165) is 41.5 Å². The van der Waals surface area contributed by atoms with Crippen molar-refractivity contribution in [1.29, 1.82) is 0 Å². The van der Waals surface area contributed by atoms with Crippen LogP contribution in [0.4, 0.5) is 4.39 Å². The SMILES string of the molecule is CCC(=O)Oc1cccc(C2CC2)c1COc1cc(C)c(CC)cc1F. The molecule has 2 aromatic carbocycles. The first-order valence-corrected chi connectivity index (χ1v) is 9.27. The quantitative estimate of drug-likeness (QED) is 0.487. The Kier molecular flexibility index (Phi) is 5.60. The zero-order chi connectivity index (χ0) is 18.7. The van der Waals surface area contributed by atoms with Gasteiger partial charge in [0, 0.05) is 12.0 Å². The third-order valence-electron chi connectivity index (χ3n) is 4.84. The number of carbonyl (C=O) groups is 1. The van der Waals surface area contributed by atoms with E-state index in [-0.39, 0.29) is 24.1 Å². The van der Waals surface area contributed by atoms with Crippen LogP contribution in [0.1, 0.15) is 61.3 Å². The molecular formula is C22H25FO3. The van der Waals surface area contributed by atoms with Crippen molar-refractivity contribution in [3.05, 3.63) is 58.4 Å². The lowest BCUT2D eigenvalue weighted by atomic mass is 10.0. The molecule has 2 aromatic rings. The first-order valence-electron chi connectivity index (χ1n) is 9.27. The molecule has 0 aromatic heterocycles. The molecule has 0 spiro atoms. The summed E-state index contributed by atoms with van der Waals surface area (Å²) in [5.41, 5.74) is 3.96. The average Bonchev–Trinajstić information content (AvgIpc) is 3.47. The van der Waals surface area contributed by atoms with Gasteiger partial charge < -0.3 is 9.47 Å². The number of esters is 1. The third-order valence-corrected chi connectivity index (χ3v) is 4.84. The van der Waals surface area contributed by atoms with Crippen molar-refractivity contribution in [3.8, 4) is 11.5 Å². The Labute approximate surface area is 154 Å². The monoisotopic (exact) mass is 356 g/mol. The van der Waals surface area contributed by atoms with Crippen molar-refractivity contribution in [2.45, 2.75) is 59.0 Å². The lowest BCUT2D eigenvalue weighted by Gasteiger charge is -2.16. The van der Waals surface area contributed by atoms with E-state index >= 15 is 0 Å². The Balaban J connectivity index is 1.87. The van der Waals surface area contributed by atoms with Crippen LogP contribution < -0.4 is 9.47 Å². The highest BCUT2D eigenvalue weighted by Gasteiger charge is 2.28. The van der Waals surface area contributed by atoms with E-state index in [2.05, 4.69) is 0 Å². The molecule has 0 amide bonds. The van der Waals surface area contributed by atoms with Crippen LogP contribution in [-0.2, 0) is 17.8 Å². The van der Waals surface area contributed by atoms with Gasteiger partial charge in [0.15, 0.2) is 11.6 Å². The number of hydrogen-bond donors (Lipinski definition) is 0. The predicted molar refractivity (Wildman–Crippen MR) is 99.2 cm³/mol. The molecule has 26 heavy (non-hydrogen) atoms. The van der Waals surface area contributed by atoms with Crippen molar-refractivity contribution in [2.24, 2.45) is 0 Å². The zero-order valence-electron chi connectivity index (χ0n) is 15.6. The van der Waals surface area contributed by atoms with Crippen LogP contribution in [0.15, 0.2) is 30.3 Å². The first kappa shape index (κ1) is 18.4. The summed E-state index contributed by atoms with van der Waals surface area (Å²) in [7, 11) is 0. The minimum Gasteiger partial charge on any atom is -0.486 e. The van der Waals surface area contributed by atoms with Gasteiger partial charge in [0.25, 0.3) is 0 Å². The van der Waals surface area contributed by atoms with Gasteiger partial charge in [-0.2, -0.15) is 0 Å². The largest absolute Gasteiger partial charge is 0.486 e. The van der Waals surface area contributed by atoms with Gasteiger partial charge in [0.05, 0.1) is 0 Å². The lowest BCUT2D eigenvalue weighted by molar-refractivity contribution is -0.134. The summed E-state index contributed by atoms with van der Waals surface area (Å²) in [5.74, 6) is 0.585. The molecule has 4 heteroatoms. The summed E-state index contributed by atoms with van der Waals surface area (Å²) in [4.78, 5) is 11.8. The Morgan fingerprint density at radius 3 is 2.62 bits per heavy atom. The van der Waals surface area contributed by atoms with E-state index in [1.54, 1.807) is 19.1 Å². The maximum atomic E-state index is 14.3. The van der Waals surface area contributed by atoms with Gasteiger partial charge in [-0.15, -0.1) is 0 Å². The predicted octanol–water partition coefficient (Wildman–Crippen LogP) is 5.47. The van der Waals surface area contributed by atoms with Crippen molar-refractivity contribution in [3.63, 3.8) is 0 Å². The Morgan fingerprint density at radius 2 is 1.96 bits per heavy atom. The molecule has 0 aliphatic heterocycles. The maximum absolute atomic E-state index is 14.3. The molecule has 3 rings (SSSR count). The molecule has 1 fully saturated rings. The number of benzene rings is 2. The first-order chi connectivity index (χ1) is 12.5. The molecule has 0 N–H and O–H groups in total. The molecule has 138 valence electrons. The van der Waals surface area contributed by atoms with Gasteiger partial charge in [0.2, 0.25) is 0 Å². The van der Waals surface area contributed by atoms with Gasteiger partial charge in [-0.05, 0) is 67.0 Å². The fourth-order valence-electron chi connectivity index (χ4n) is 3.14. The second-order valence-corrected chi connectivity index (χ2v) is 6.78. The highest BCUT2D eigenvalue weighted by atomic mass is 19.1. The molecular weight excluding hydrogens is 331 g/mol. The third kappa shape index (κ3) is 4.06. The second-order valence-electron chi connectivity index (χ2n) is 6.78. The summed E-state index contributed by atoms with van der Waals surface area (Å²) in [6, 6.07) is 9.00. The van der Waals surface area contributed by atoms with Gasteiger partial charge in [0.1, 0.15) is 12.4 Å². The summed E-state index contributed by atoms with van der Waals surface area (Å²) < 4.78 is 25.6. The summed E-state index contributed by atoms with van der Waals surface area (Å²) in [6.07, 6.45) is 3.33. The standard InChI is InChI=1S/C22H25FO3/c1-4-15-12-19(23)21(11-14(15)3)25-13-18-17(16-9-10-16)7-6-8-20(18)26-22(24)5-2/h6-8,11-12,16H,4-5,9-10,13H2,1-3H3. The Hall–Kier alpha value is -2.36. The number of carbonyl (C=O) groups excluding carboxylic acids is 1. The van der Waals surface area contributed by atoms with E-state index in [1.165, 1.54) is 6.07 Å². The summed E-state index contributed by atoms with van der Waals surface area (Å²) >= 11 is 0. The minimum absolute atomic E-state index is 0.181. The van der Waals surface area contributed by atoms with Gasteiger partial charge in [-0.25, -0.2) is 4.39 Å². The molecule has 0 atom stereocenters. The normalized spacial score (nSPS) is 13.5. The van der Waals surface area contributed by atoms with Crippen LogP contribution in [0.25, 0.3) is 0 Å². The van der Waals surface area contributed by atoms with Gasteiger partial charge in [-0.1, -0.05) is 26.0 Å². The zero-order valence-corrected chi connectivity index (χ0v) is 15.6. The second kappa shape index (κ2) is 7.90. The van der Waals surface area contributed by atoms with Gasteiger partial charge in [-0.3, -0.25) is 4.79 Å². The van der Waals surface area contributed by atoms with Crippen molar-refractivity contribution >= 4 is 5.97 Å². The molecule has 0 unspecified atom stereocenters. The average molecular weight is 356 g/mol. The maximum Gasteiger partial charge on any atom is 0.310 e. The highest BCUT2D eigenvalue weighted by molar-refractivity contribution is 5.72. The fourth-order valence-corrected chi connectivity index (χ4v) is 3.14. The van der Waals surface area contributed by atoms with Crippen molar-refractivity contribution < 1.29 is 18.7 Å². The van der Waals surface area contributed by atoms with Crippen molar-refractivity contribution in [2.75, 3.05) is 0 Å². The van der Waals surface area contributed by atoms with Crippen LogP contribution in [0, 0.1) is 12.7 Å². The molecule has 3 nitrogen and oxygen atoms in total. The Morgan fingerprint density at radius 1 is 1.19 bits per heavy atom. The van der Waals surface area contributed by atoms with Crippen LogP contribution in [0.3, 0.4) is 0 Å². The number of ether oxygens (including phenoxy) is 2. The number of halogens is 1. The minimum atomic E-state index is -0.358. The summed E-state index contributed by atoms with van der Waals surface area (Å²) in [5, 5.41) is 0. The smallest absolute Gasteiger partial charge is 0.310 e. The number of aryl methyl sites for hydroxylation is 2. The molecule has 0 saturated heterocycles.